The molecule has 4 nitrogen and oxygen atoms in total. The quantitative estimate of drug-likeness (QED) is 0.610. The van der Waals surface area contributed by atoms with E-state index in [0.29, 0.717) is 5.56 Å². The van der Waals surface area contributed by atoms with Crippen molar-refractivity contribution in [3.05, 3.63) is 69.8 Å². The van der Waals surface area contributed by atoms with Crippen LogP contribution in [0.4, 0.5) is 5.69 Å². The second-order valence-electron chi connectivity index (χ2n) is 3.94. The smallest absolute Gasteiger partial charge is 0.276 e. The maximum atomic E-state index is 10.9. The zero-order valence-electron chi connectivity index (χ0n) is 10.00. The average Bonchev–Trinajstić information content (AvgIpc) is 2.38. The summed E-state index contributed by atoms with van der Waals surface area (Å²) < 4.78 is 5.61. The van der Waals surface area contributed by atoms with E-state index in [0.717, 1.165) is 11.3 Å². The molecule has 0 aromatic heterocycles. The molecule has 0 saturated heterocycles. The normalized spacial score (nSPS) is 10.1. The van der Waals surface area contributed by atoms with Gasteiger partial charge in [0.05, 0.1) is 10.5 Å². The molecule has 0 aliphatic rings. The van der Waals surface area contributed by atoms with E-state index in [1.807, 2.05) is 31.2 Å². The molecule has 4 heteroatoms. The fraction of sp³-hybridized carbons (Fsp3) is 0.143. The van der Waals surface area contributed by atoms with Crippen molar-refractivity contribution in [2.75, 3.05) is 0 Å². The molecule has 0 N–H and O–H groups in total. The largest absolute Gasteiger partial charge is 0.488 e. The fourth-order valence-electron chi connectivity index (χ4n) is 1.68. The summed E-state index contributed by atoms with van der Waals surface area (Å²) in [6.07, 6.45) is 0. The van der Waals surface area contributed by atoms with E-state index in [1.54, 1.807) is 18.2 Å². The number of nitro benzene ring substituents is 1. The first kappa shape index (κ1) is 12.1. The van der Waals surface area contributed by atoms with Gasteiger partial charge >= 0.3 is 0 Å². The minimum Gasteiger partial charge on any atom is -0.488 e. The lowest BCUT2D eigenvalue weighted by molar-refractivity contribution is -0.385. The molecule has 0 atom stereocenters. The predicted octanol–water partition coefficient (Wildman–Crippen LogP) is 3.48. The Morgan fingerprint density at radius 3 is 2.50 bits per heavy atom. The van der Waals surface area contributed by atoms with E-state index in [-0.39, 0.29) is 12.3 Å². The highest BCUT2D eigenvalue weighted by Gasteiger charge is 2.12. The van der Waals surface area contributed by atoms with Crippen LogP contribution in [-0.2, 0) is 6.61 Å². The van der Waals surface area contributed by atoms with Gasteiger partial charge in [-0.2, -0.15) is 0 Å². The van der Waals surface area contributed by atoms with Crippen molar-refractivity contribution in [2.24, 2.45) is 0 Å². The molecule has 92 valence electrons. The van der Waals surface area contributed by atoms with E-state index in [4.69, 9.17) is 4.74 Å². The molecule has 0 saturated carbocycles. The van der Waals surface area contributed by atoms with Gasteiger partial charge in [-0.25, -0.2) is 0 Å². The van der Waals surface area contributed by atoms with Crippen molar-refractivity contribution in [3.8, 4) is 5.75 Å². The Bertz CT molecular complexity index is 566. The lowest BCUT2D eigenvalue weighted by Crippen LogP contribution is -2.01. The topological polar surface area (TPSA) is 52.4 Å². The van der Waals surface area contributed by atoms with Crippen LogP contribution in [0.25, 0.3) is 0 Å². The monoisotopic (exact) mass is 243 g/mol. The summed E-state index contributed by atoms with van der Waals surface area (Å²) in [6.45, 7) is 2.14. The first-order valence-corrected chi connectivity index (χ1v) is 5.59. The molecule has 0 unspecified atom stereocenters. The lowest BCUT2D eigenvalue weighted by Gasteiger charge is -2.08. The zero-order chi connectivity index (χ0) is 13.0. The number of hydrogen-bond donors (Lipinski definition) is 0. The van der Waals surface area contributed by atoms with Gasteiger partial charge in [0.25, 0.3) is 5.69 Å². The van der Waals surface area contributed by atoms with Gasteiger partial charge in [-0.15, -0.1) is 0 Å². The van der Waals surface area contributed by atoms with E-state index in [9.17, 15) is 10.1 Å². The third-order valence-corrected chi connectivity index (χ3v) is 2.67. The van der Waals surface area contributed by atoms with E-state index in [2.05, 4.69) is 0 Å². The maximum Gasteiger partial charge on any atom is 0.276 e. The minimum absolute atomic E-state index is 0.0890. The maximum absolute atomic E-state index is 10.9. The number of nitro groups is 1. The van der Waals surface area contributed by atoms with Crippen LogP contribution < -0.4 is 4.74 Å². The van der Waals surface area contributed by atoms with Gasteiger partial charge in [-0.3, -0.25) is 10.1 Å². The molecular weight excluding hydrogens is 230 g/mol. The molecule has 2 rings (SSSR count). The molecule has 2 aromatic carbocycles. The molecule has 0 fully saturated rings. The van der Waals surface area contributed by atoms with Crippen LogP contribution in [0.1, 0.15) is 11.1 Å². The molecule has 0 spiro atoms. The third kappa shape index (κ3) is 2.66. The number of hydrogen-bond acceptors (Lipinski definition) is 3. The number of aryl methyl sites for hydroxylation is 1. The van der Waals surface area contributed by atoms with E-state index in [1.165, 1.54) is 6.07 Å². The van der Waals surface area contributed by atoms with Gasteiger partial charge in [0.2, 0.25) is 0 Å². The second-order valence-corrected chi connectivity index (χ2v) is 3.94. The Morgan fingerprint density at radius 1 is 1.11 bits per heavy atom. The standard InChI is InChI=1S/C14H13NO3/c1-11-6-2-5-9-14(11)18-10-12-7-3-4-8-13(12)15(16)17/h2-9H,10H2,1H3. The van der Waals surface area contributed by atoms with Crippen molar-refractivity contribution in [1.29, 1.82) is 0 Å². The number of para-hydroxylation sites is 2. The summed E-state index contributed by atoms with van der Waals surface area (Å²) in [5.41, 5.74) is 1.67. The van der Waals surface area contributed by atoms with Gasteiger partial charge in [0.15, 0.2) is 0 Å². The van der Waals surface area contributed by atoms with Gasteiger partial charge in [0, 0.05) is 6.07 Å². The van der Waals surface area contributed by atoms with Crippen LogP contribution in [-0.4, -0.2) is 4.92 Å². The molecule has 0 amide bonds. The lowest BCUT2D eigenvalue weighted by atomic mass is 10.2. The van der Waals surface area contributed by atoms with Crippen molar-refractivity contribution < 1.29 is 9.66 Å². The third-order valence-electron chi connectivity index (χ3n) is 2.67. The van der Waals surface area contributed by atoms with Crippen LogP contribution in [0.5, 0.6) is 5.75 Å². The van der Waals surface area contributed by atoms with Crippen LogP contribution in [0.2, 0.25) is 0 Å². The van der Waals surface area contributed by atoms with E-state index < -0.39 is 4.92 Å². The highest BCUT2D eigenvalue weighted by Crippen LogP contribution is 2.22. The van der Waals surface area contributed by atoms with Crippen LogP contribution in [0.3, 0.4) is 0 Å². The van der Waals surface area contributed by atoms with Crippen LogP contribution in [0.15, 0.2) is 48.5 Å². The molecule has 18 heavy (non-hydrogen) atoms. The number of benzene rings is 2. The summed E-state index contributed by atoms with van der Waals surface area (Å²) >= 11 is 0. The van der Waals surface area contributed by atoms with Gasteiger partial charge < -0.3 is 4.74 Å². The molecule has 0 aliphatic carbocycles. The molecule has 0 heterocycles. The highest BCUT2D eigenvalue weighted by atomic mass is 16.6. The van der Waals surface area contributed by atoms with Gasteiger partial charge in [0.1, 0.15) is 12.4 Å². The Balaban J connectivity index is 2.16. The molecule has 2 aromatic rings. The van der Waals surface area contributed by atoms with Gasteiger partial charge in [-0.1, -0.05) is 30.3 Å². The van der Waals surface area contributed by atoms with Crippen molar-refractivity contribution >= 4 is 5.69 Å². The summed E-state index contributed by atoms with van der Waals surface area (Å²) in [6, 6.07) is 14.2. The van der Waals surface area contributed by atoms with Crippen LogP contribution in [0, 0.1) is 17.0 Å². The SMILES string of the molecule is Cc1ccccc1OCc1ccccc1[N+](=O)[O-]. The second kappa shape index (κ2) is 5.31. The van der Waals surface area contributed by atoms with Crippen LogP contribution >= 0.6 is 0 Å². The van der Waals surface area contributed by atoms with Crippen molar-refractivity contribution in [1.82, 2.24) is 0 Å². The van der Waals surface area contributed by atoms with Gasteiger partial charge in [-0.05, 0) is 24.6 Å². The highest BCUT2D eigenvalue weighted by molar-refractivity contribution is 5.40. The minimum atomic E-state index is -0.392. The number of rotatable bonds is 4. The fourth-order valence-corrected chi connectivity index (χ4v) is 1.68. The first-order chi connectivity index (χ1) is 8.68. The summed E-state index contributed by atoms with van der Waals surface area (Å²) in [7, 11) is 0. The summed E-state index contributed by atoms with van der Waals surface area (Å²) in [5, 5.41) is 10.9. The molecule has 0 bridgehead atoms. The Morgan fingerprint density at radius 2 is 1.78 bits per heavy atom. The average molecular weight is 243 g/mol. The zero-order valence-corrected chi connectivity index (χ0v) is 10.00. The molecule has 0 aliphatic heterocycles. The van der Waals surface area contributed by atoms with Crippen molar-refractivity contribution in [3.63, 3.8) is 0 Å². The molecule has 0 radical (unpaired) electrons. The Labute approximate surface area is 105 Å². The summed E-state index contributed by atoms with van der Waals surface area (Å²) in [4.78, 5) is 10.5. The van der Waals surface area contributed by atoms with Crippen molar-refractivity contribution in [2.45, 2.75) is 13.5 Å². The Hall–Kier alpha value is -2.36. The molecular formula is C14H13NO3. The number of nitrogens with zero attached hydrogens (tertiary/aromatic N) is 1. The number of ether oxygens (including phenoxy) is 1. The first-order valence-electron chi connectivity index (χ1n) is 5.59. The predicted molar refractivity (Wildman–Crippen MR) is 68.6 cm³/mol. The summed E-state index contributed by atoms with van der Waals surface area (Å²) in [5.74, 6) is 0.746. The van der Waals surface area contributed by atoms with E-state index >= 15 is 0 Å². The Kier molecular flexibility index (Phi) is 3.57.